The summed E-state index contributed by atoms with van der Waals surface area (Å²) >= 11 is 0. The van der Waals surface area contributed by atoms with Crippen LogP contribution in [-0.4, -0.2) is 49.7 Å². The topological polar surface area (TPSA) is 41.6 Å². The summed E-state index contributed by atoms with van der Waals surface area (Å²) in [6, 6.07) is 0. The Kier molecular flexibility index (Phi) is 4.74. The second-order valence-corrected chi connectivity index (χ2v) is 5.35. The molecule has 94 valence electrons. The number of morpholine rings is 1. The van der Waals surface area contributed by atoms with Crippen molar-refractivity contribution in [3.8, 4) is 0 Å². The van der Waals surface area contributed by atoms with Crippen LogP contribution < -0.4 is 5.32 Å². The lowest BCUT2D eigenvalue weighted by Crippen LogP contribution is -2.48. The third-order valence-electron chi connectivity index (χ3n) is 2.84. The molecule has 1 heterocycles. The molecular weight excluding hydrogens is 204 g/mol. The van der Waals surface area contributed by atoms with E-state index in [0.717, 1.165) is 26.2 Å². The average molecular weight is 228 g/mol. The van der Waals surface area contributed by atoms with Crippen molar-refractivity contribution in [2.24, 2.45) is 5.41 Å². The number of rotatable bonds is 3. The molecule has 0 spiro atoms. The quantitative estimate of drug-likeness (QED) is 0.779. The van der Waals surface area contributed by atoms with Gasteiger partial charge in [-0.3, -0.25) is 9.69 Å². The van der Waals surface area contributed by atoms with Crippen molar-refractivity contribution in [2.45, 2.75) is 33.8 Å². The highest BCUT2D eigenvalue weighted by Gasteiger charge is 2.24. The van der Waals surface area contributed by atoms with Gasteiger partial charge in [0.05, 0.1) is 12.7 Å². The van der Waals surface area contributed by atoms with E-state index in [1.54, 1.807) is 0 Å². The summed E-state index contributed by atoms with van der Waals surface area (Å²) in [7, 11) is 0. The van der Waals surface area contributed by atoms with E-state index in [-0.39, 0.29) is 17.4 Å². The van der Waals surface area contributed by atoms with E-state index in [2.05, 4.69) is 17.1 Å². The minimum absolute atomic E-state index is 0.0877. The molecule has 1 fully saturated rings. The number of nitrogens with zero attached hydrogens (tertiary/aromatic N) is 1. The maximum Gasteiger partial charge on any atom is 0.225 e. The molecule has 0 saturated carbocycles. The van der Waals surface area contributed by atoms with Gasteiger partial charge >= 0.3 is 0 Å². The maximum absolute atomic E-state index is 11.7. The van der Waals surface area contributed by atoms with E-state index in [4.69, 9.17) is 4.74 Å². The zero-order chi connectivity index (χ0) is 12.2. The fourth-order valence-corrected chi connectivity index (χ4v) is 1.66. The summed E-state index contributed by atoms with van der Waals surface area (Å²) in [6.07, 6.45) is 0.139. The highest BCUT2D eigenvalue weighted by atomic mass is 16.5. The van der Waals surface area contributed by atoms with Gasteiger partial charge in [-0.05, 0) is 6.54 Å². The van der Waals surface area contributed by atoms with Gasteiger partial charge < -0.3 is 10.1 Å². The normalized spacial score (nSPS) is 23.1. The number of carbonyl (C=O) groups is 1. The lowest BCUT2D eigenvalue weighted by atomic mass is 9.95. The fourth-order valence-electron chi connectivity index (χ4n) is 1.66. The highest BCUT2D eigenvalue weighted by molar-refractivity contribution is 5.81. The molecule has 0 aromatic rings. The summed E-state index contributed by atoms with van der Waals surface area (Å²) in [5, 5.41) is 2.95. The molecular formula is C12H24N2O2. The molecule has 1 unspecified atom stereocenters. The van der Waals surface area contributed by atoms with Crippen molar-refractivity contribution < 1.29 is 9.53 Å². The van der Waals surface area contributed by atoms with Gasteiger partial charge in [-0.25, -0.2) is 0 Å². The molecule has 0 aliphatic carbocycles. The molecule has 0 radical (unpaired) electrons. The SMILES string of the molecule is CCN1CCOC(CNC(=O)C(C)(C)C)C1. The van der Waals surface area contributed by atoms with Crippen molar-refractivity contribution in [3.05, 3.63) is 0 Å². The van der Waals surface area contributed by atoms with E-state index in [9.17, 15) is 4.79 Å². The maximum atomic E-state index is 11.7. The van der Waals surface area contributed by atoms with E-state index in [1.807, 2.05) is 20.8 Å². The molecule has 1 N–H and O–H groups in total. The van der Waals surface area contributed by atoms with E-state index in [0.29, 0.717) is 6.54 Å². The molecule has 1 aliphatic rings. The molecule has 4 nitrogen and oxygen atoms in total. The van der Waals surface area contributed by atoms with Crippen LogP contribution in [0.15, 0.2) is 0 Å². The Balaban J connectivity index is 2.30. The molecule has 1 rings (SSSR count). The Morgan fingerprint density at radius 3 is 2.75 bits per heavy atom. The summed E-state index contributed by atoms with van der Waals surface area (Å²) in [5.74, 6) is 0.0877. The molecule has 1 aliphatic heterocycles. The Labute approximate surface area is 98.3 Å². The molecule has 1 saturated heterocycles. The molecule has 1 amide bonds. The monoisotopic (exact) mass is 228 g/mol. The minimum atomic E-state index is -0.320. The molecule has 0 bridgehead atoms. The predicted octanol–water partition coefficient (Wildman–Crippen LogP) is 0.869. The van der Waals surface area contributed by atoms with Gasteiger partial charge in [-0.15, -0.1) is 0 Å². The van der Waals surface area contributed by atoms with Crippen LogP contribution in [0.1, 0.15) is 27.7 Å². The second-order valence-electron chi connectivity index (χ2n) is 5.35. The number of carbonyl (C=O) groups excluding carboxylic acids is 1. The van der Waals surface area contributed by atoms with Gasteiger partial charge in [0.2, 0.25) is 5.91 Å². The lowest BCUT2D eigenvalue weighted by Gasteiger charge is -2.32. The number of likely N-dealkylation sites (N-methyl/N-ethyl adjacent to an activating group) is 1. The van der Waals surface area contributed by atoms with Crippen molar-refractivity contribution in [1.82, 2.24) is 10.2 Å². The Morgan fingerprint density at radius 1 is 1.50 bits per heavy atom. The fraction of sp³-hybridized carbons (Fsp3) is 0.917. The minimum Gasteiger partial charge on any atom is -0.374 e. The van der Waals surface area contributed by atoms with Crippen LogP contribution in [0.2, 0.25) is 0 Å². The molecule has 4 heteroatoms. The van der Waals surface area contributed by atoms with Crippen LogP contribution >= 0.6 is 0 Å². The van der Waals surface area contributed by atoms with Gasteiger partial charge in [-0.2, -0.15) is 0 Å². The van der Waals surface area contributed by atoms with E-state index < -0.39 is 0 Å². The average Bonchev–Trinajstić information content (AvgIpc) is 2.25. The van der Waals surface area contributed by atoms with Crippen molar-refractivity contribution >= 4 is 5.91 Å². The summed E-state index contributed by atoms with van der Waals surface area (Å²) in [6.45, 7) is 12.3. The van der Waals surface area contributed by atoms with Crippen LogP contribution in [-0.2, 0) is 9.53 Å². The zero-order valence-corrected chi connectivity index (χ0v) is 10.9. The molecule has 0 aromatic heterocycles. The Bertz CT molecular complexity index is 236. The van der Waals surface area contributed by atoms with E-state index >= 15 is 0 Å². The van der Waals surface area contributed by atoms with Gasteiger partial charge in [0.1, 0.15) is 0 Å². The molecule has 0 aromatic carbocycles. The first kappa shape index (κ1) is 13.5. The summed E-state index contributed by atoms with van der Waals surface area (Å²) in [5.41, 5.74) is -0.320. The van der Waals surface area contributed by atoms with Crippen molar-refractivity contribution in [3.63, 3.8) is 0 Å². The van der Waals surface area contributed by atoms with Crippen LogP contribution in [0.3, 0.4) is 0 Å². The number of hydrogen-bond donors (Lipinski definition) is 1. The van der Waals surface area contributed by atoms with Gasteiger partial charge in [0.15, 0.2) is 0 Å². The highest BCUT2D eigenvalue weighted by Crippen LogP contribution is 2.12. The third kappa shape index (κ3) is 4.10. The number of nitrogens with one attached hydrogen (secondary N) is 1. The van der Waals surface area contributed by atoms with Crippen molar-refractivity contribution in [2.75, 3.05) is 32.8 Å². The molecule has 1 atom stereocenters. The smallest absolute Gasteiger partial charge is 0.225 e. The largest absolute Gasteiger partial charge is 0.374 e. The summed E-state index contributed by atoms with van der Waals surface area (Å²) in [4.78, 5) is 14.0. The first-order valence-corrected chi connectivity index (χ1v) is 6.05. The van der Waals surface area contributed by atoms with Crippen LogP contribution in [0, 0.1) is 5.41 Å². The van der Waals surface area contributed by atoms with E-state index in [1.165, 1.54) is 0 Å². The number of amides is 1. The van der Waals surface area contributed by atoms with Gasteiger partial charge in [0.25, 0.3) is 0 Å². The van der Waals surface area contributed by atoms with Gasteiger partial charge in [-0.1, -0.05) is 27.7 Å². The van der Waals surface area contributed by atoms with Crippen LogP contribution in [0.25, 0.3) is 0 Å². The standard InChI is InChI=1S/C12H24N2O2/c1-5-14-6-7-16-10(9-14)8-13-11(15)12(2,3)4/h10H,5-9H2,1-4H3,(H,13,15). The second kappa shape index (κ2) is 5.64. The lowest BCUT2D eigenvalue weighted by molar-refractivity contribution is -0.129. The van der Waals surface area contributed by atoms with Crippen molar-refractivity contribution in [1.29, 1.82) is 0 Å². The Hall–Kier alpha value is -0.610. The summed E-state index contributed by atoms with van der Waals surface area (Å²) < 4.78 is 5.62. The predicted molar refractivity (Wildman–Crippen MR) is 64.3 cm³/mol. The Morgan fingerprint density at radius 2 is 2.19 bits per heavy atom. The van der Waals surface area contributed by atoms with Crippen LogP contribution in [0.4, 0.5) is 0 Å². The van der Waals surface area contributed by atoms with Crippen LogP contribution in [0.5, 0.6) is 0 Å². The third-order valence-corrected chi connectivity index (χ3v) is 2.84. The zero-order valence-electron chi connectivity index (χ0n) is 10.9. The van der Waals surface area contributed by atoms with Gasteiger partial charge in [0, 0.05) is 25.0 Å². The number of hydrogen-bond acceptors (Lipinski definition) is 3. The first-order chi connectivity index (χ1) is 7.43. The molecule has 16 heavy (non-hydrogen) atoms. The first-order valence-electron chi connectivity index (χ1n) is 6.05. The number of ether oxygens (including phenoxy) is 1.